The third kappa shape index (κ3) is 4.69. The summed E-state index contributed by atoms with van der Waals surface area (Å²) in [5.41, 5.74) is -0.195. The van der Waals surface area contributed by atoms with Crippen LogP contribution >= 0.6 is 0 Å². The second-order valence-corrected chi connectivity index (χ2v) is 6.09. The number of hydrogen-bond donors (Lipinski definition) is 2. The van der Waals surface area contributed by atoms with Gasteiger partial charge in [-0.1, -0.05) is 0 Å². The molecule has 2 N–H and O–H groups in total. The fraction of sp³-hybridized carbons (Fsp3) is 0.462. The Morgan fingerprint density at radius 3 is 2.62 bits per heavy atom. The van der Waals surface area contributed by atoms with Gasteiger partial charge in [0.05, 0.1) is 18.1 Å². The number of hydrogen-bond acceptors (Lipinski definition) is 5. The van der Waals surface area contributed by atoms with Gasteiger partial charge in [-0.15, -0.1) is 0 Å². The molecule has 0 aromatic heterocycles. The molecule has 0 aliphatic rings. The normalized spacial score (nSPS) is 12.9. The molecule has 0 aliphatic carbocycles. The molecule has 7 nitrogen and oxygen atoms in total. The lowest BCUT2D eigenvalue weighted by Crippen LogP contribution is -2.35. The lowest BCUT2D eigenvalue weighted by molar-refractivity contribution is 0.0692. The van der Waals surface area contributed by atoms with E-state index in [1.165, 1.54) is 19.2 Å². The fourth-order valence-corrected chi connectivity index (χ4v) is 3.00. The number of ether oxygens (including phenoxy) is 2. The predicted octanol–water partition coefficient (Wildman–Crippen LogP) is 1.10. The SMILES string of the molecule is CCOc1ccc(S(=O)(=O)NC(C)COC)cc1C(=O)O. The highest BCUT2D eigenvalue weighted by molar-refractivity contribution is 7.89. The molecule has 1 aromatic rings. The van der Waals surface area contributed by atoms with Crippen LogP contribution in [0.2, 0.25) is 0 Å². The lowest BCUT2D eigenvalue weighted by Gasteiger charge is -2.14. The van der Waals surface area contributed by atoms with E-state index in [1.54, 1.807) is 13.8 Å². The van der Waals surface area contributed by atoms with Crippen LogP contribution in [0.5, 0.6) is 5.75 Å². The zero-order valence-electron chi connectivity index (χ0n) is 12.1. The topological polar surface area (TPSA) is 102 Å². The zero-order valence-corrected chi connectivity index (χ0v) is 12.9. The summed E-state index contributed by atoms with van der Waals surface area (Å²) >= 11 is 0. The van der Waals surface area contributed by atoms with Crippen LogP contribution in [0.3, 0.4) is 0 Å². The molecular formula is C13H19NO6S. The van der Waals surface area contributed by atoms with Crippen molar-refractivity contribution in [3.8, 4) is 5.75 Å². The highest BCUT2D eigenvalue weighted by atomic mass is 32.2. The molecular weight excluding hydrogens is 298 g/mol. The van der Waals surface area contributed by atoms with Gasteiger partial charge in [-0.25, -0.2) is 17.9 Å². The summed E-state index contributed by atoms with van der Waals surface area (Å²) in [6, 6.07) is 3.29. The van der Waals surface area contributed by atoms with Crippen molar-refractivity contribution in [3.05, 3.63) is 23.8 Å². The Balaban J connectivity index is 3.13. The van der Waals surface area contributed by atoms with Gasteiger partial charge in [0.1, 0.15) is 11.3 Å². The van der Waals surface area contributed by atoms with E-state index < -0.39 is 22.0 Å². The number of carboxylic acid groups (broad SMARTS) is 1. The van der Waals surface area contributed by atoms with Gasteiger partial charge < -0.3 is 14.6 Å². The van der Waals surface area contributed by atoms with Crippen molar-refractivity contribution in [1.29, 1.82) is 0 Å². The van der Waals surface area contributed by atoms with Gasteiger partial charge >= 0.3 is 5.97 Å². The van der Waals surface area contributed by atoms with Gasteiger partial charge in [-0.2, -0.15) is 0 Å². The second kappa shape index (κ2) is 7.39. The molecule has 0 aliphatic heterocycles. The van der Waals surface area contributed by atoms with Crippen LogP contribution in [0.25, 0.3) is 0 Å². The molecule has 0 saturated carbocycles. The molecule has 118 valence electrons. The first-order valence-corrected chi connectivity index (χ1v) is 7.81. The largest absolute Gasteiger partial charge is 0.493 e. The minimum Gasteiger partial charge on any atom is -0.493 e. The average molecular weight is 317 g/mol. The minimum atomic E-state index is -3.82. The van der Waals surface area contributed by atoms with Crippen LogP contribution in [0, 0.1) is 0 Å². The van der Waals surface area contributed by atoms with E-state index in [4.69, 9.17) is 14.6 Å². The van der Waals surface area contributed by atoms with Crippen molar-refractivity contribution in [2.24, 2.45) is 0 Å². The maximum absolute atomic E-state index is 12.2. The van der Waals surface area contributed by atoms with Crippen molar-refractivity contribution >= 4 is 16.0 Å². The molecule has 0 spiro atoms. The van der Waals surface area contributed by atoms with Gasteiger partial charge in [0.25, 0.3) is 0 Å². The first-order valence-electron chi connectivity index (χ1n) is 6.33. The van der Waals surface area contributed by atoms with Crippen LogP contribution in [-0.2, 0) is 14.8 Å². The van der Waals surface area contributed by atoms with Gasteiger partial charge in [0.2, 0.25) is 10.0 Å². The Labute approximate surface area is 123 Å². The fourth-order valence-electron chi connectivity index (χ4n) is 1.74. The Bertz CT molecular complexity index is 599. The van der Waals surface area contributed by atoms with Gasteiger partial charge in [-0.3, -0.25) is 0 Å². The van der Waals surface area contributed by atoms with Crippen LogP contribution in [-0.4, -0.2) is 45.9 Å². The van der Waals surface area contributed by atoms with Crippen molar-refractivity contribution in [3.63, 3.8) is 0 Å². The number of carboxylic acids is 1. The molecule has 21 heavy (non-hydrogen) atoms. The van der Waals surface area contributed by atoms with Crippen molar-refractivity contribution < 1.29 is 27.8 Å². The number of benzene rings is 1. The van der Waals surface area contributed by atoms with E-state index >= 15 is 0 Å². The average Bonchev–Trinajstić information content (AvgIpc) is 2.38. The minimum absolute atomic E-state index is 0.133. The number of rotatable bonds is 8. The first kappa shape index (κ1) is 17.4. The van der Waals surface area contributed by atoms with Crippen LogP contribution in [0.1, 0.15) is 24.2 Å². The molecule has 1 unspecified atom stereocenters. The van der Waals surface area contributed by atoms with E-state index in [1.807, 2.05) is 0 Å². The highest BCUT2D eigenvalue weighted by Gasteiger charge is 2.21. The molecule has 0 radical (unpaired) electrons. The molecule has 0 fully saturated rings. The van der Waals surface area contributed by atoms with Gasteiger partial charge in [0, 0.05) is 13.2 Å². The van der Waals surface area contributed by atoms with E-state index in [0.717, 1.165) is 6.07 Å². The van der Waals surface area contributed by atoms with Crippen LogP contribution in [0.4, 0.5) is 0 Å². The number of methoxy groups -OCH3 is 1. The molecule has 0 saturated heterocycles. The summed E-state index contributed by atoms with van der Waals surface area (Å²) in [5, 5.41) is 9.13. The summed E-state index contributed by atoms with van der Waals surface area (Å²) in [6.45, 7) is 3.86. The zero-order chi connectivity index (χ0) is 16.0. The standard InChI is InChI=1S/C13H19NO6S/c1-4-20-12-6-5-10(7-11(12)13(15)16)21(17,18)14-9(2)8-19-3/h5-7,9,14H,4,8H2,1-3H3,(H,15,16). The molecule has 8 heteroatoms. The first-order chi connectivity index (χ1) is 9.81. The molecule has 1 atom stereocenters. The van der Waals surface area contributed by atoms with E-state index in [9.17, 15) is 13.2 Å². The number of nitrogens with one attached hydrogen (secondary N) is 1. The number of sulfonamides is 1. The quantitative estimate of drug-likeness (QED) is 0.744. The summed E-state index contributed by atoms with van der Waals surface area (Å²) in [5.74, 6) is -1.12. The third-order valence-corrected chi connectivity index (χ3v) is 4.15. The summed E-state index contributed by atoms with van der Waals surface area (Å²) in [6.07, 6.45) is 0. The summed E-state index contributed by atoms with van der Waals surface area (Å²) in [4.78, 5) is 11.1. The number of carbonyl (C=O) groups is 1. The van der Waals surface area contributed by atoms with Crippen LogP contribution in [0.15, 0.2) is 23.1 Å². The monoisotopic (exact) mass is 317 g/mol. The Kier molecular flexibility index (Phi) is 6.13. The Hall–Kier alpha value is -1.64. The molecule has 1 rings (SSSR count). The molecule has 1 aromatic carbocycles. The Morgan fingerprint density at radius 2 is 2.10 bits per heavy atom. The molecule has 0 heterocycles. The smallest absolute Gasteiger partial charge is 0.339 e. The maximum Gasteiger partial charge on any atom is 0.339 e. The van der Waals surface area contributed by atoms with Crippen LogP contribution < -0.4 is 9.46 Å². The van der Waals surface area contributed by atoms with Crippen molar-refractivity contribution in [2.75, 3.05) is 20.3 Å². The lowest BCUT2D eigenvalue weighted by atomic mass is 10.2. The second-order valence-electron chi connectivity index (χ2n) is 4.37. The van der Waals surface area contributed by atoms with Gasteiger partial charge in [-0.05, 0) is 32.0 Å². The van der Waals surface area contributed by atoms with Gasteiger partial charge in [0.15, 0.2) is 0 Å². The number of aromatic carboxylic acids is 1. The summed E-state index contributed by atoms with van der Waals surface area (Å²) in [7, 11) is -2.36. The maximum atomic E-state index is 12.2. The van der Waals surface area contributed by atoms with Crippen molar-refractivity contribution in [1.82, 2.24) is 4.72 Å². The molecule has 0 bridgehead atoms. The van der Waals surface area contributed by atoms with E-state index in [-0.39, 0.29) is 29.4 Å². The van der Waals surface area contributed by atoms with E-state index in [0.29, 0.717) is 0 Å². The Morgan fingerprint density at radius 1 is 1.43 bits per heavy atom. The molecule has 0 amide bonds. The highest BCUT2D eigenvalue weighted by Crippen LogP contribution is 2.23. The van der Waals surface area contributed by atoms with Crippen molar-refractivity contribution in [2.45, 2.75) is 24.8 Å². The summed E-state index contributed by atoms with van der Waals surface area (Å²) < 4.78 is 36.8. The predicted molar refractivity (Wildman–Crippen MR) is 76.2 cm³/mol. The van der Waals surface area contributed by atoms with E-state index in [2.05, 4.69) is 4.72 Å². The third-order valence-electron chi connectivity index (χ3n) is 2.56.